The van der Waals surface area contributed by atoms with Crippen molar-refractivity contribution in [2.75, 3.05) is 0 Å². The van der Waals surface area contributed by atoms with Gasteiger partial charge in [-0.1, -0.05) is 61.4 Å². The minimum atomic E-state index is -0.518. The fraction of sp³-hybridized carbons (Fsp3) is 0.862. The molecule has 7 atom stereocenters. The highest BCUT2D eigenvalue weighted by atomic mass is 127. The van der Waals surface area contributed by atoms with Crippen molar-refractivity contribution >= 4 is 22.6 Å². The summed E-state index contributed by atoms with van der Waals surface area (Å²) in [7, 11) is 0. The number of allylic oxidation sites excluding steroid dienone is 2. The molecule has 2 N–H and O–H groups in total. The largest absolute Gasteiger partial charge is 0.390 e. The minimum Gasteiger partial charge on any atom is -0.390 e. The van der Waals surface area contributed by atoms with Crippen molar-refractivity contribution in [3.05, 3.63) is 23.8 Å². The number of alkyl halides is 1. The molecule has 3 heteroatoms. The number of hydrogen-bond acceptors (Lipinski definition) is 2. The van der Waals surface area contributed by atoms with Crippen LogP contribution in [0.25, 0.3) is 0 Å². The maximum atomic E-state index is 10.3. The van der Waals surface area contributed by atoms with Crippen LogP contribution in [0.3, 0.4) is 0 Å². The maximum absolute atomic E-state index is 10.3. The molecule has 4 saturated carbocycles. The zero-order chi connectivity index (χ0) is 23.1. The number of fused-ring (bicyclic) bond motifs is 1. The van der Waals surface area contributed by atoms with Crippen LogP contribution in [0.1, 0.15) is 104 Å². The van der Waals surface area contributed by atoms with Gasteiger partial charge in [-0.05, 0) is 124 Å². The van der Waals surface area contributed by atoms with Crippen LogP contribution in [0.2, 0.25) is 0 Å². The first-order valence-electron chi connectivity index (χ1n) is 13.5. The topological polar surface area (TPSA) is 40.5 Å². The Kier molecular flexibility index (Phi) is 7.89. The number of rotatable bonds is 8. The SMILES string of the molecule is C=C1/C(=C\CC2CCCC3[C@H]2CC[C@@H]3[C@H](C)CCCC(C)(C)O)CC2(CC2)CC1[C@@H](O)I. The molecule has 0 aromatic heterocycles. The summed E-state index contributed by atoms with van der Waals surface area (Å²) in [5.74, 6) is 4.65. The normalized spacial score (nSPS) is 37.5. The van der Waals surface area contributed by atoms with Crippen LogP contribution in [-0.2, 0) is 0 Å². The Hall–Kier alpha value is 0.130. The smallest absolute Gasteiger partial charge is 0.112 e. The van der Waals surface area contributed by atoms with Gasteiger partial charge in [0.1, 0.15) is 4.11 Å². The van der Waals surface area contributed by atoms with E-state index in [0.717, 1.165) is 48.9 Å². The molecule has 4 aliphatic carbocycles. The van der Waals surface area contributed by atoms with E-state index in [0.29, 0.717) is 5.41 Å². The van der Waals surface area contributed by atoms with Gasteiger partial charge < -0.3 is 10.2 Å². The molecule has 32 heavy (non-hydrogen) atoms. The first kappa shape index (κ1) is 25.2. The van der Waals surface area contributed by atoms with E-state index in [-0.39, 0.29) is 10.0 Å². The molecule has 4 fully saturated rings. The van der Waals surface area contributed by atoms with E-state index >= 15 is 0 Å². The third kappa shape index (κ3) is 5.85. The summed E-state index contributed by atoms with van der Waals surface area (Å²) < 4.78 is -0.297. The van der Waals surface area contributed by atoms with Gasteiger partial charge in [0.05, 0.1) is 5.60 Å². The van der Waals surface area contributed by atoms with E-state index < -0.39 is 5.60 Å². The van der Waals surface area contributed by atoms with E-state index in [9.17, 15) is 10.2 Å². The van der Waals surface area contributed by atoms with Gasteiger partial charge in [-0.3, -0.25) is 0 Å². The van der Waals surface area contributed by atoms with Crippen LogP contribution in [-0.4, -0.2) is 19.9 Å². The standard InChI is InChI=1S/C29H47IO2/c1-19(7-6-14-28(3,4)32)23-12-13-24-21(8-5-9-25(23)24)10-11-22-17-29(15-16-29)18-26(20(22)2)27(30)31/h11,19,21,23-27,31-32H,2,5-10,12-18H2,1,3-4H3/b22-11-/t19-,21?,23-,24+,25?,26?,27-/m1/s1. The van der Waals surface area contributed by atoms with Crippen molar-refractivity contribution in [1.82, 2.24) is 0 Å². The first-order valence-corrected chi connectivity index (χ1v) is 14.8. The number of aliphatic hydroxyl groups excluding tert-OH is 1. The Morgan fingerprint density at radius 2 is 1.94 bits per heavy atom. The lowest BCUT2D eigenvalue weighted by atomic mass is 9.67. The molecule has 1 spiro atoms. The summed E-state index contributed by atoms with van der Waals surface area (Å²) in [6, 6.07) is 0. The second kappa shape index (κ2) is 10.0. The summed E-state index contributed by atoms with van der Waals surface area (Å²) >= 11 is 2.20. The van der Waals surface area contributed by atoms with Crippen molar-refractivity contribution in [3.8, 4) is 0 Å². The van der Waals surface area contributed by atoms with Gasteiger partial charge in [-0.25, -0.2) is 0 Å². The number of aliphatic hydroxyl groups is 2. The Bertz CT molecular complexity index is 698. The minimum absolute atomic E-state index is 0.262. The van der Waals surface area contributed by atoms with Crippen LogP contribution in [0, 0.1) is 40.9 Å². The number of hydrogen-bond donors (Lipinski definition) is 2. The molecule has 3 unspecified atom stereocenters. The third-order valence-corrected chi connectivity index (χ3v) is 10.7. The van der Waals surface area contributed by atoms with Crippen LogP contribution >= 0.6 is 22.6 Å². The Morgan fingerprint density at radius 3 is 2.59 bits per heavy atom. The van der Waals surface area contributed by atoms with Crippen LogP contribution in [0.4, 0.5) is 0 Å². The monoisotopic (exact) mass is 554 g/mol. The molecule has 2 nitrogen and oxygen atoms in total. The molecule has 4 rings (SSSR count). The molecule has 182 valence electrons. The zero-order valence-electron chi connectivity index (χ0n) is 20.8. The van der Waals surface area contributed by atoms with Gasteiger partial charge in [-0.15, -0.1) is 0 Å². The Labute approximate surface area is 210 Å². The van der Waals surface area contributed by atoms with E-state index in [1.165, 1.54) is 75.4 Å². The average Bonchev–Trinajstić information content (AvgIpc) is 3.31. The van der Waals surface area contributed by atoms with Gasteiger partial charge in [0, 0.05) is 5.92 Å². The van der Waals surface area contributed by atoms with Crippen LogP contribution < -0.4 is 0 Å². The second-order valence-electron chi connectivity index (χ2n) is 12.8. The quantitative estimate of drug-likeness (QED) is 0.237. The molecule has 0 aromatic rings. The lowest BCUT2D eigenvalue weighted by molar-refractivity contribution is 0.0642. The molecule has 0 radical (unpaired) electrons. The summed E-state index contributed by atoms with van der Waals surface area (Å²) in [5, 5.41) is 20.4. The molecule has 0 saturated heterocycles. The third-order valence-electron chi connectivity index (χ3n) is 9.86. The molecular formula is C29H47IO2. The van der Waals surface area contributed by atoms with Gasteiger partial charge in [-0.2, -0.15) is 0 Å². The van der Waals surface area contributed by atoms with E-state index in [2.05, 4.69) is 42.2 Å². The zero-order valence-corrected chi connectivity index (χ0v) is 22.9. The molecule has 0 aromatic carbocycles. The van der Waals surface area contributed by atoms with Crippen molar-refractivity contribution < 1.29 is 10.2 Å². The lowest BCUT2D eigenvalue weighted by Crippen LogP contribution is -2.30. The van der Waals surface area contributed by atoms with Crippen molar-refractivity contribution in [1.29, 1.82) is 0 Å². The highest BCUT2D eigenvalue weighted by Crippen LogP contribution is 2.61. The molecule has 0 bridgehead atoms. The van der Waals surface area contributed by atoms with Crippen molar-refractivity contribution in [2.45, 2.75) is 114 Å². The highest BCUT2D eigenvalue weighted by Gasteiger charge is 2.50. The fourth-order valence-corrected chi connectivity index (χ4v) is 8.47. The summed E-state index contributed by atoms with van der Waals surface area (Å²) in [5.41, 5.74) is 2.71. The first-order chi connectivity index (χ1) is 15.1. The maximum Gasteiger partial charge on any atom is 0.112 e. The van der Waals surface area contributed by atoms with E-state index in [4.69, 9.17) is 0 Å². The summed E-state index contributed by atoms with van der Waals surface area (Å²) in [4.78, 5) is 0. The molecule has 0 aliphatic heterocycles. The molecule has 0 amide bonds. The highest BCUT2D eigenvalue weighted by molar-refractivity contribution is 14.1. The van der Waals surface area contributed by atoms with Gasteiger partial charge >= 0.3 is 0 Å². The van der Waals surface area contributed by atoms with Gasteiger partial charge in [0.25, 0.3) is 0 Å². The number of halogens is 1. The van der Waals surface area contributed by atoms with Crippen LogP contribution in [0.15, 0.2) is 23.8 Å². The average molecular weight is 555 g/mol. The molecular weight excluding hydrogens is 507 g/mol. The Morgan fingerprint density at radius 1 is 1.19 bits per heavy atom. The second-order valence-corrected chi connectivity index (χ2v) is 14.1. The predicted molar refractivity (Wildman–Crippen MR) is 143 cm³/mol. The van der Waals surface area contributed by atoms with Gasteiger partial charge in [0.15, 0.2) is 0 Å². The van der Waals surface area contributed by atoms with Crippen molar-refractivity contribution in [2.24, 2.45) is 40.9 Å². The lowest BCUT2D eigenvalue weighted by Gasteiger charge is -2.38. The van der Waals surface area contributed by atoms with Crippen molar-refractivity contribution in [3.63, 3.8) is 0 Å². The van der Waals surface area contributed by atoms with Gasteiger partial charge in [0.2, 0.25) is 0 Å². The molecule has 0 heterocycles. The predicted octanol–water partition coefficient (Wildman–Crippen LogP) is 7.82. The molecule has 4 aliphatic rings. The van der Waals surface area contributed by atoms with E-state index in [1.54, 1.807) is 0 Å². The summed E-state index contributed by atoms with van der Waals surface area (Å²) in [6.45, 7) is 10.8. The van der Waals surface area contributed by atoms with E-state index in [1.807, 2.05) is 13.8 Å². The fourth-order valence-electron chi connectivity index (χ4n) is 7.78. The Balaban J connectivity index is 1.36. The summed E-state index contributed by atoms with van der Waals surface area (Å²) in [6.07, 6.45) is 19.3. The van der Waals surface area contributed by atoms with Crippen LogP contribution in [0.5, 0.6) is 0 Å².